The van der Waals surface area contributed by atoms with Gasteiger partial charge < -0.3 is 5.73 Å². The number of aryl methyl sites for hydroxylation is 1. The second kappa shape index (κ2) is 5.74. The van der Waals surface area contributed by atoms with Crippen LogP contribution in [0.3, 0.4) is 0 Å². The lowest BCUT2D eigenvalue weighted by Crippen LogP contribution is -2.16. The van der Waals surface area contributed by atoms with Crippen LogP contribution in [0.25, 0.3) is 0 Å². The summed E-state index contributed by atoms with van der Waals surface area (Å²) in [5.41, 5.74) is 6.58. The molecular formula is C13H12FN3O2S2. The van der Waals surface area contributed by atoms with Crippen LogP contribution in [0.15, 0.2) is 41.6 Å². The molecule has 0 atom stereocenters. The lowest BCUT2D eigenvalue weighted by atomic mass is 10.1. The number of aromatic nitrogens is 1. The van der Waals surface area contributed by atoms with Crippen LogP contribution in [-0.4, -0.2) is 18.4 Å². The number of rotatable bonds is 4. The number of halogens is 1. The van der Waals surface area contributed by atoms with Gasteiger partial charge in [0.1, 0.15) is 4.99 Å². The predicted molar refractivity (Wildman–Crippen MR) is 82.1 cm³/mol. The van der Waals surface area contributed by atoms with Crippen LogP contribution in [0.1, 0.15) is 11.1 Å². The monoisotopic (exact) mass is 325 g/mol. The van der Waals surface area contributed by atoms with Crippen molar-refractivity contribution in [3.63, 3.8) is 0 Å². The number of hydrogen-bond acceptors (Lipinski definition) is 4. The molecule has 2 aromatic rings. The highest BCUT2D eigenvalue weighted by atomic mass is 32.2. The van der Waals surface area contributed by atoms with Crippen molar-refractivity contribution in [1.29, 1.82) is 0 Å². The Balaban J connectivity index is 2.39. The third-order valence-corrected chi connectivity index (χ3v) is 4.37. The number of pyridine rings is 1. The van der Waals surface area contributed by atoms with E-state index in [9.17, 15) is 12.8 Å². The highest BCUT2D eigenvalue weighted by molar-refractivity contribution is 7.92. The number of nitrogens with zero attached hydrogens (tertiary/aromatic N) is 1. The van der Waals surface area contributed by atoms with Crippen LogP contribution in [-0.2, 0) is 10.0 Å². The van der Waals surface area contributed by atoms with Crippen LogP contribution in [0, 0.1) is 12.7 Å². The Morgan fingerprint density at radius 3 is 2.67 bits per heavy atom. The lowest BCUT2D eigenvalue weighted by Gasteiger charge is -2.10. The van der Waals surface area contributed by atoms with Gasteiger partial charge in [0, 0.05) is 11.8 Å². The molecule has 2 rings (SSSR count). The van der Waals surface area contributed by atoms with Crippen molar-refractivity contribution in [2.24, 2.45) is 5.73 Å². The zero-order valence-corrected chi connectivity index (χ0v) is 12.6. The number of anilines is 1. The first-order valence-corrected chi connectivity index (χ1v) is 7.73. The molecule has 1 aromatic heterocycles. The Labute approximate surface area is 127 Å². The summed E-state index contributed by atoms with van der Waals surface area (Å²) in [6, 6.07) is 5.55. The third-order valence-electron chi connectivity index (χ3n) is 2.79. The van der Waals surface area contributed by atoms with Gasteiger partial charge >= 0.3 is 0 Å². The summed E-state index contributed by atoms with van der Waals surface area (Å²) in [6.45, 7) is 1.69. The SMILES string of the molecule is Cc1cc(S(=O)(=O)Nc2ccncc2F)ccc1C(N)=S. The van der Waals surface area contributed by atoms with E-state index < -0.39 is 15.8 Å². The standard InChI is InChI=1S/C13H12FN3O2S2/c1-8-6-9(2-3-10(8)13(15)20)21(18,19)17-12-4-5-16-7-11(12)14/h2-7H,1H3,(H2,15,20)(H,16,17). The molecule has 0 aliphatic rings. The molecule has 0 aliphatic heterocycles. The van der Waals surface area contributed by atoms with Gasteiger partial charge in [0.2, 0.25) is 0 Å². The number of sulfonamides is 1. The number of thiocarbonyl (C=S) groups is 1. The van der Waals surface area contributed by atoms with Gasteiger partial charge in [-0.15, -0.1) is 0 Å². The molecule has 0 amide bonds. The molecule has 0 aliphatic carbocycles. The van der Waals surface area contributed by atoms with Gasteiger partial charge in [-0.1, -0.05) is 18.3 Å². The Morgan fingerprint density at radius 1 is 1.38 bits per heavy atom. The Kier molecular flexibility index (Phi) is 4.19. The molecule has 110 valence electrons. The molecule has 21 heavy (non-hydrogen) atoms. The maximum absolute atomic E-state index is 13.5. The molecule has 0 saturated heterocycles. The predicted octanol–water partition coefficient (Wildman–Crippen LogP) is 1.96. The van der Waals surface area contributed by atoms with Gasteiger partial charge in [-0.05, 0) is 30.7 Å². The minimum absolute atomic E-state index is 0.00351. The number of benzene rings is 1. The van der Waals surface area contributed by atoms with Gasteiger partial charge in [-0.3, -0.25) is 9.71 Å². The summed E-state index contributed by atoms with van der Waals surface area (Å²) >= 11 is 4.86. The van der Waals surface area contributed by atoms with Gasteiger partial charge in [0.15, 0.2) is 5.82 Å². The first-order valence-electron chi connectivity index (χ1n) is 5.84. The van der Waals surface area contributed by atoms with Gasteiger partial charge in [0.05, 0.1) is 16.8 Å². The molecule has 0 saturated carbocycles. The molecule has 0 unspecified atom stereocenters. The van der Waals surface area contributed by atoms with Crippen molar-refractivity contribution in [2.45, 2.75) is 11.8 Å². The maximum atomic E-state index is 13.5. The van der Waals surface area contributed by atoms with E-state index in [0.717, 1.165) is 6.20 Å². The zero-order chi connectivity index (χ0) is 15.6. The Morgan fingerprint density at radius 2 is 2.10 bits per heavy atom. The van der Waals surface area contributed by atoms with Gasteiger partial charge in [-0.2, -0.15) is 0 Å². The molecule has 3 N–H and O–H groups in total. The van der Waals surface area contributed by atoms with E-state index in [1.807, 2.05) is 0 Å². The second-order valence-electron chi connectivity index (χ2n) is 4.30. The van der Waals surface area contributed by atoms with Gasteiger partial charge in [-0.25, -0.2) is 12.8 Å². The molecule has 0 bridgehead atoms. The first-order chi connectivity index (χ1) is 9.81. The van der Waals surface area contributed by atoms with E-state index in [2.05, 4.69) is 9.71 Å². The summed E-state index contributed by atoms with van der Waals surface area (Å²) in [6.07, 6.45) is 2.22. The Hall–Kier alpha value is -2.06. The summed E-state index contributed by atoms with van der Waals surface area (Å²) in [4.78, 5) is 3.74. The summed E-state index contributed by atoms with van der Waals surface area (Å²) < 4.78 is 40.1. The molecule has 1 heterocycles. The lowest BCUT2D eigenvalue weighted by molar-refractivity contribution is 0.598. The molecule has 0 fully saturated rings. The minimum atomic E-state index is -3.90. The third kappa shape index (κ3) is 3.34. The molecule has 1 aromatic carbocycles. The van der Waals surface area contributed by atoms with Crippen molar-refractivity contribution in [3.8, 4) is 0 Å². The fraction of sp³-hybridized carbons (Fsp3) is 0.0769. The van der Waals surface area contributed by atoms with E-state index in [4.69, 9.17) is 18.0 Å². The summed E-state index contributed by atoms with van der Waals surface area (Å²) in [5.74, 6) is -0.752. The van der Waals surface area contributed by atoms with Crippen molar-refractivity contribution in [3.05, 3.63) is 53.6 Å². The smallest absolute Gasteiger partial charge is 0.261 e. The van der Waals surface area contributed by atoms with E-state index >= 15 is 0 Å². The van der Waals surface area contributed by atoms with Crippen molar-refractivity contribution >= 4 is 32.9 Å². The van der Waals surface area contributed by atoms with Gasteiger partial charge in [0.25, 0.3) is 10.0 Å². The fourth-order valence-corrected chi connectivity index (χ4v) is 3.12. The van der Waals surface area contributed by atoms with E-state index in [-0.39, 0.29) is 15.6 Å². The van der Waals surface area contributed by atoms with Crippen LogP contribution < -0.4 is 10.5 Å². The molecule has 0 spiro atoms. The molecular weight excluding hydrogens is 313 g/mol. The van der Waals surface area contributed by atoms with Crippen molar-refractivity contribution < 1.29 is 12.8 Å². The second-order valence-corrected chi connectivity index (χ2v) is 6.42. The first kappa shape index (κ1) is 15.3. The highest BCUT2D eigenvalue weighted by Gasteiger charge is 2.17. The van der Waals surface area contributed by atoms with Crippen LogP contribution in [0.5, 0.6) is 0 Å². The summed E-state index contributed by atoms with van der Waals surface area (Å²) in [5, 5.41) is 0. The zero-order valence-electron chi connectivity index (χ0n) is 11.0. The quantitative estimate of drug-likeness (QED) is 0.840. The number of nitrogens with one attached hydrogen (secondary N) is 1. The normalized spacial score (nSPS) is 11.1. The highest BCUT2D eigenvalue weighted by Crippen LogP contribution is 2.20. The number of nitrogens with two attached hydrogens (primary N) is 1. The average Bonchev–Trinajstić information content (AvgIpc) is 2.40. The molecule has 0 radical (unpaired) electrons. The number of hydrogen-bond donors (Lipinski definition) is 2. The fourth-order valence-electron chi connectivity index (χ4n) is 1.74. The molecule has 5 nitrogen and oxygen atoms in total. The van der Waals surface area contributed by atoms with E-state index in [1.165, 1.54) is 30.5 Å². The molecule has 8 heteroatoms. The van der Waals surface area contributed by atoms with E-state index in [0.29, 0.717) is 11.1 Å². The topological polar surface area (TPSA) is 85.1 Å². The van der Waals surface area contributed by atoms with E-state index in [1.54, 1.807) is 6.92 Å². The largest absolute Gasteiger partial charge is 0.389 e. The van der Waals surface area contributed by atoms with Crippen LogP contribution in [0.2, 0.25) is 0 Å². The van der Waals surface area contributed by atoms with Crippen molar-refractivity contribution in [1.82, 2.24) is 4.98 Å². The van der Waals surface area contributed by atoms with Crippen LogP contribution in [0.4, 0.5) is 10.1 Å². The summed E-state index contributed by atoms with van der Waals surface area (Å²) in [7, 11) is -3.90. The Bertz CT molecular complexity index is 807. The minimum Gasteiger partial charge on any atom is -0.389 e. The van der Waals surface area contributed by atoms with Crippen molar-refractivity contribution in [2.75, 3.05) is 4.72 Å². The van der Waals surface area contributed by atoms with Crippen LogP contribution >= 0.6 is 12.2 Å². The maximum Gasteiger partial charge on any atom is 0.261 e. The average molecular weight is 325 g/mol.